The van der Waals surface area contributed by atoms with Gasteiger partial charge in [-0.2, -0.15) is 0 Å². The molecule has 1 aliphatic heterocycles. The number of benzene rings is 1. The van der Waals surface area contributed by atoms with Crippen molar-refractivity contribution in [2.75, 3.05) is 26.3 Å². The maximum Gasteiger partial charge on any atom is 0.287 e. The second-order valence-electron chi connectivity index (χ2n) is 10.6. The number of fused-ring (bicyclic) bond motifs is 1. The molecule has 37 heavy (non-hydrogen) atoms. The Balaban J connectivity index is 1.42. The first-order valence-electron chi connectivity index (χ1n) is 12.3. The van der Waals surface area contributed by atoms with Gasteiger partial charge in [0.25, 0.3) is 11.8 Å². The summed E-state index contributed by atoms with van der Waals surface area (Å²) in [6, 6.07) is 6.94. The molecule has 1 aliphatic carbocycles. The molecule has 1 saturated carbocycles. The number of rotatable bonds is 11. The predicted molar refractivity (Wildman–Crippen MR) is 140 cm³/mol. The third-order valence-corrected chi connectivity index (χ3v) is 10.4. The summed E-state index contributed by atoms with van der Waals surface area (Å²) >= 11 is 5.90. The van der Waals surface area contributed by atoms with E-state index in [1.807, 2.05) is 12.1 Å². The molecule has 2 aliphatic rings. The highest BCUT2D eigenvalue weighted by molar-refractivity contribution is 7.94. The summed E-state index contributed by atoms with van der Waals surface area (Å²) in [6.07, 6.45) is 2.37. The van der Waals surface area contributed by atoms with Gasteiger partial charge in [0.05, 0.1) is 28.9 Å². The summed E-state index contributed by atoms with van der Waals surface area (Å²) in [7, 11) is -3.62. The Morgan fingerprint density at radius 2 is 1.95 bits per heavy atom. The summed E-state index contributed by atoms with van der Waals surface area (Å²) in [4.78, 5) is 31.8. The molecule has 1 aromatic carbocycles. The molecule has 0 spiro atoms. The van der Waals surface area contributed by atoms with Gasteiger partial charge >= 0.3 is 0 Å². The lowest BCUT2D eigenvalue weighted by Gasteiger charge is -2.35. The van der Waals surface area contributed by atoms with Crippen LogP contribution in [0.1, 0.15) is 60.3 Å². The Bertz CT molecular complexity index is 1270. The first kappa shape index (κ1) is 27.6. The van der Waals surface area contributed by atoms with Crippen LogP contribution in [-0.4, -0.2) is 76.5 Å². The van der Waals surface area contributed by atoms with Gasteiger partial charge in [-0.15, -0.1) is 0 Å². The van der Waals surface area contributed by atoms with E-state index in [0.29, 0.717) is 37.5 Å². The fourth-order valence-corrected chi connectivity index (χ4v) is 7.11. The van der Waals surface area contributed by atoms with Crippen LogP contribution < -0.4 is 11.1 Å². The number of halogens is 1. The minimum absolute atomic E-state index is 0.0355. The van der Waals surface area contributed by atoms with Crippen molar-refractivity contribution in [1.29, 1.82) is 0 Å². The Hall–Kier alpha value is -2.47. The van der Waals surface area contributed by atoms with E-state index in [1.54, 1.807) is 42.4 Å². The van der Waals surface area contributed by atoms with Crippen molar-refractivity contribution >= 4 is 33.3 Å². The lowest BCUT2D eigenvalue weighted by atomic mass is 10.2. The zero-order valence-corrected chi connectivity index (χ0v) is 22.9. The van der Waals surface area contributed by atoms with Gasteiger partial charge in [-0.3, -0.25) is 9.59 Å². The van der Waals surface area contributed by atoms with Crippen LogP contribution in [-0.2, 0) is 27.7 Å². The SMILES string of the molecule is CC(N)COCC(C)(C)S(=O)(=O)C1(CN2CCn3c(cnc3C(=O)NCc3ccc(Cl)cc3)C2=O)CC1. The fraction of sp³-hybridized carbons (Fsp3) is 0.560. The number of ether oxygens (including phenoxy) is 1. The van der Waals surface area contributed by atoms with Crippen molar-refractivity contribution in [3.8, 4) is 0 Å². The summed E-state index contributed by atoms with van der Waals surface area (Å²) in [5, 5.41) is 3.43. The minimum atomic E-state index is -3.62. The van der Waals surface area contributed by atoms with Crippen LogP contribution in [0.4, 0.5) is 0 Å². The van der Waals surface area contributed by atoms with Crippen LogP contribution in [0.3, 0.4) is 0 Å². The Kier molecular flexibility index (Phi) is 7.72. The average Bonchev–Trinajstić information content (AvgIpc) is 3.50. The molecule has 0 radical (unpaired) electrons. The highest BCUT2D eigenvalue weighted by Gasteiger charge is 2.61. The van der Waals surface area contributed by atoms with Gasteiger partial charge in [-0.25, -0.2) is 13.4 Å². The van der Waals surface area contributed by atoms with Crippen LogP contribution in [0.2, 0.25) is 5.02 Å². The molecular formula is C25H34ClN5O5S. The smallest absolute Gasteiger partial charge is 0.287 e. The predicted octanol–water partition coefficient (Wildman–Crippen LogP) is 2.01. The molecular weight excluding hydrogens is 518 g/mol. The normalized spacial score (nSPS) is 17.9. The summed E-state index contributed by atoms with van der Waals surface area (Å²) < 4.78 is 32.3. The monoisotopic (exact) mass is 551 g/mol. The number of nitrogens with one attached hydrogen (secondary N) is 1. The molecule has 2 heterocycles. The standard InChI is InChI=1S/C25H34ClN5O5S/c1-17(27)14-36-16-24(2,3)37(34,35)25(8-9-25)15-30-10-11-31-20(23(30)33)13-28-21(31)22(32)29-12-18-4-6-19(26)7-5-18/h4-7,13,17H,8-12,14-16,27H2,1-3H3,(H,29,32). The third kappa shape index (κ3) is 5.55. The van der Waals surface area contributed by atoms with Crippen molar-refractivity contribution in [3.05, 3.63) is 52.6 Å². The molecule has 1 unspecified atom stereocenters. The molecule has 2 amide bonds. The van der Waals surface area contributed by atoms with E-state index in [2.05, 4.69) is 10.3 Å². The van der Waals surface area contributed by atoms with Gasteiger partial charge in [-0.05, 0) is 51.3 Å². The van der Waals surface area contributed by atoms with E-state index in [-0.39, 0.29) is 43.2 Å². The summed E-state index contributed by atoms with van der Waals surface area (Å²) in [5.74, 6) is -0.571. The lowest BCUT2D eigenvalue weighted by molar-refractivity contribution is 0.0697. The number of hydrogen-bond acceptors (Lipinski definition) is 7. The van der Waals surface area contributed by atoms with Gasteiger partial charge < -0.3 is 25.3 Å². The minimum Gasteiger partial charge on any atom is -0.378 e. The van der Waals surface area contributed by atoms with Crippen LogP contribution in [0.15, 0.2) is 30.5 Å². The third-order valence-electron chi connectivity index (χ3n) is 6.94. The van der Waals surface area contributed by atoms with E-state index in [9.17, 15) is 18.0 Å². The van der Waals surface area contributed by atoms with E-state index in [0.717, 1.165) is 5.56 Å². The highest BCUT2D eigenvalue weighted by Crippen LogP contribution is 2.49. The molecule has 12 heteroatoms. The van der Waals surface area contributed by atoms with E-state index < -0.39 is 25.2 Å². The molecule has 1 aromatic heterocycles. The first-order chi connectivity index (χ1) is 17.4. The van der Waals surface area contributed by atoms with Crippen molar-refractivity contribution in [3.63, 3.8) is 0 Å². The maximum absolute atomic E-state index is 13.6. The van der Waals surface area contributed by atoms with Crippen LogP contribution in [0.25, 0.3) is 0 Å². The maximum atomic E-state index is 13.6. The second kappa shape index (κ2) is 10.4. The van der Waals surface area contributed by atoms with E-state index in [4.69, 9.17) is 22.1 Å². The number of nitrogens with zero attached hydrogens (tertiary/aromatic N) is 3. The lowest BCUT2D eigenvalue weighted by Crippen LogP contribution is -2.52. The first-order valence-corrected chi connectivity index (χ1v) is 14.2. The number of amides is 2. The molecule has 0 bridgehead atoms. The largest absolute Gasteiger partial charge is 0.378 e. The van der Waals surface area contributed by atoms with E-state index >= 15 is 0 Å². The quantitative estimate of drug-likeness (QED) is 0.436. The van der Waals surface area contributed by atoms with Gasteiger partial charge in [-0.1, -0.05) is 23.7 Å². The zero-order valence-electron chi connectivity index (χ0n) is 21.4. The molecule has 3 N–H and O–H groups in total. The second-order valence-corrected chi connectivity index (χ2v) is 14.0. The van der Waals surface area contributed by atoms with Crippen LogP contribution >= 0.6 is 11.6 Å². The zero-order chi connectivity index (χ0) is 27.0. The Morgan fingerprint density at radius 1 is 1.27 bits per heavy atom. The van der Waals surface area contributed by atoms with E-state index in [1.165, 1.54) is 6.20 Å². The number of carbonyl (C=O) groups is 2. The summed E-state index contributed by atoms with van der Waals surface area (Å²) in [6.45, 7) is 6.46. The van der Waals surface area contributed by atoms with Crippen molar-refractivity contribution in [2.24, 2.45) is 5.73 Å². The number of aromatic nitrogens is 2. The van der Waals surface area contributed by atoms with Crippen LogP contribution in [0.5, 0.6) is 0 Å². The van der Waals surface area contributed by atoms with Gasteiger partial charge in [0.1, 0.15) is 5.69 Å². The molecule has 202 valence electrons. The molecule has 4 rings (SSSR count). The van der Waals surface area contributed by atoms with Gasteiger partial charge in [0.2, 0.25) is 0 Å². The van der Waals surface area contributed by atoms with Crippen molar-refractivity contribution < 1.29 is 22.7 Å². The highest BCUT2D eigenvalue weighted by atomic mass is 35.5. The number of carbonyl (C=O) groups excluding carboxylic acids is 2. The van der Waals surface area contributed by atoms with Crippen LogP contribution in [0, 0.1) is 0 Å². The molecule has 1 atom stereocenters. The number of imidazole rings is 1. The van der Waals surface area contributed by atoms with Crippen molar-refractivity contribution in [1.82, 2.24) is 19.8 Å². The number of sulfone groups is 1. The molecule has 2 aromatic rings. The fourth-order valence-electron chi connectivity index (χ4n) is 4.61. The van der Waals surface area contributed by atoms with Crippen molar-refractivity contribution in [2.45, 2.75) is 62.2 Å². The number of hydrogen-bond donors (Lipinski definition) is 2. The van der Waals surface area contributed by atoms with Gasteiger partial charge in [0, 0.05) is 37.2 Å². The molecule has 10 nitrogen and oxygen atoms in total. The topological polar surface area (TPSA) is 137 Å². The molecule has 1 fully saturated rings. The Labute approximate surface area is 222 Å². The number of nitrogens with two attached hydrogens (primary N) is 1. The Morgan fingerprint density at radius 3 is 2.57 bits per heavy atom. The summed E-state index contributed by atoms with van der Waals surface area (Å²) in [5.41, 5.74) is 6.88. The molecule has 0 saturated heterocycles. The average molecular weight is 552 g/mol. The van der Waals surface area contributed by atoms with Gasteiger partial charge in [0.15, 0.2) is 15.7 Å².